The second kappa shape index (κ2) is 6.28. The molecule has 1 aliphatic heterocycles. The SMILES string of the molecule is O=CCC1OCC(NC(=O)c2ccccc2)CO1. The summed E-state index contributed by atoms with van der Waals surface area (Å²) in [6.07, 6.45) is 0.500. The minimum absolute atomic E-state index is 0.151. The summed E-state index contributed by atoms with van der Waals surface area (Å²) < 4.78 is 10.6. The molecular formula is C13H15NO4. The van der Waals surface area contributed by atoms with Crippen LogP contribution in [0.2, 0.25) is 0 Å². The van der Waals surface area contributed by atoms with Crippen LogP contribution < -0.4 is 5.32 Å². The molecule has 0 radical (unpaired) electrons. The number of ether oxygens (including phenoxy) is 2. The molecule has 96 valence electrons. The van der Waals surface area contributed by atoms with Gasteiger partial charge in [-0.05, 0) is 12.1 Å². The van der Waals surface area contributed by atoms with Crippen LogP contribution in [0.15, 0.2) is 30.3 Å². The molecule has 1 aromatic carbocycles. The standard InChI is InChI=1S/C13H15NO4/c15-7-6-12-17-8-11(9-18-12)14-13(16)10-4-2-1-3-5-10/h1-5,7,11-12H,6,8-9H2,(H,14,16). The molecule has 2 rings (SSSR count). The first-order valence-electron chi connectivity index (χ1n) is 5.82. The second-order valence-electron chi connectivity index (χ2n) is 4.04. The van der Waals surface area contributed by atoms with E-state index in [-0.39, 0.29) is 18.4 Å². The van der Waals surface area contributed by atoms with Crippen LogP contribution in [0.25, 0.3) is 0 Å². The number of carbonyl (C=O) groups excluding carboxylic acids is 2. The van der Waals surface area contributed by atoms with Crippen LogP contribution in [0, 0.1) is 0 Å². The van der Waals surface area contributed by atoms with Crippen molar-refractivity contribution >= 4 is 12.2 Å². The summed E-state index contributed by atoms with van der Waals surface area (Å²) in [6.45, 7) is 0.716. The molecule has 5 nitrogen and oxygen atoms in total. The van der Waals surface area contributed by atoms with Gasteiger partial charge in [0.05, 0.1) is 25.7 Å². The van der Waals surface area contributed by atoms with Crippen molar-refractivity contribution in [1.82, 2.24) is 5.32 Å². The lowest BCUT2D eigenvalue weighted by atomic mass is 10.2. The van der Waals surface area contributed by atoms with Gasteiger partial charge in [0, 0.05) is 5.56 Å². The molecule has 1 amide bonds. The van der Waals surface area contributed by atoms with Crippen molar-refractivity contribution in [3.8, 4) is 0 Å². The van der Waals surface area contributed by atoms with Gasteiger partial charge in [0.15, 0.2) is 6.29 Å². The van der Waals surface area contributed by atoms with Gasteiger partial charge in [-0.1, -0.05) is 18.2 Å². The van der Waals surface area contributed by atoms with E-state index in [1.807, 2.05) is 18.2 Å². The molecule has 1 aliphatic rings. The van der Waals surface area contributed by atoms with E-state index in [0.717, 1.165) is 6.29 Å². The summed E-state index contributed by atoms with van der Waals surface area (Å²) >= 11 is 0. The van der Waals surface area contributed by atoms with E-state index in [1.165, 1.54) is 0 Å². The van der Waals surface area contributed by atoms with Crippen molar-refractivity contribution in [3.05, 3.63) is 35.9 Å². The topological polar surface area (TPSA) is 64.6 Å². The number of amides is 1. The van der Waals surface area contributed by atoms with Crippen molar-refractivity contribution in [2.24, 2.45) is 0 Å². The average molecular weight is 249 g/mol. The van der Waals surface area contributed by atoms with Crippen LogP contribution in [0.3, 0.4) is 0 Å². The number of aldehydes is 1. The van der Waals surface area contributed by atoms with Crippen LogP contribution in [-0.2, 0) is 14.3 Å². The van der Waals surface area contributed by atoms with Gasteiger partial charge in [-0.2, -0.15) is 0 Å². The van der Waals surface area contributed by atoms with E-state index in [4.69, 9.17) is 9.47 Å². The third kappa shape index (κ3) is 3.38. The minimum atomic E-state index is -0.479. The Kier molecular flexibility index (Phi) is 4.44. The molecule has 1 heterocycles. The van der Waals surface area contributed by atoms with E-state index in [9.17, 15) is 9.59 Å². The van der Waals surface area contributed by atoms with Gasteiger partial charge in [0.2, 0.25) is 0 Å². The van der Waals surface area contributed by atoms with Gasteiger partial charge >= 0.3 is 0 Å². The van der Waals surface area contributed by atoms with Crippen LogP contribution in [0.5, 0.6) is 0 Å². The Hall–Kier alpha value is -1.72. The fourth-order valence-corrected chi connectivity index (χ4v) is 1.70. The molecule has 0 unspecified atom stereocenters. The zero-order chi connectivity index (χ0) is 12.8. The summed E-state index contributed by atoms with van der Waals surface area (Å²) in [5, 5.41) is 2.82. The maximum absolute atomic E-state index is 11.8. The maximum Gasteiger partial charge on any atom is 0.251 e. The van der Waals surface area contributed by atoms with Gasteiger partial charge in [-0.3, -0.25) is 4.79 Å². The Morgan fingerprint density at radius 2 is 1.94 bits per heavy atom. The Morgan fingerprint density at radius 3 is 2.56 bits per heavy atom. The summed E-state index contributed by atoms with van der Waals surface area (Å²) in [7, 11) is 0. The third-order valence-electron chi connectivity index (χ3n) is 2.63. The lowest BCUT2D eigenvalue weighted by molar-refractivity contribution is -0.189. The Balaban J connectivity index is 1.81. The summed E-state index contributed by atoms with van der Waals surface area (Å²) in [4.78, 5) is 22.1. The highest BCUT2D eigenvalue weighted by atomic mass is 16.7. The largest absolute Gasteiger partial charge is 0.350 e. The smallest absolute Gasteiger partial charge is 0.251 e. The lowest BCUT2D eigenvalue weighted by Crippen LogP contribution is -2.47. The minimum Gasteiger partial charge on any atom is -0.350 e. The average Bonchev–Trinajstić information content (AvgIpc) is 2.42. The normalized spacial score (nSPS) is 23.3. The molecular weight excluding hydrogens is 234 g/mol. The molecule has 0 bridgehead atoms. The molecule has 0 aliphatic carbocycles. The molecule has 1 fully saturated rings. The van der Waals surface area contributed by atoms with Gasteiger partial charge < -0.3 is 19.6 Å². The van der Waals surface area contributed by atoms with E-state index in [2.05, 4.69) is 5.32 Å². The highest BCUT2D eigenvalue weighted by Crippen LogP contribution is 2.08. The summed E-state index contributed by atoms with van der Waals surface area (Å²) in [5.74, 6) is -0.151. The predicted molar refractivity (Wildman–Crippen MR) is 64.1 cm³/mol. The van der Waals surface area contributed by atoms with Gasteiger partial charge in [-0.15, -0.1) is 0 Å². The number of carbonyl (C=O) groups is 2. The second-order valence-corrected chi connectivity index (χ2v) is 4.04. The van der Waals surface area contributed by atoms with E-state index >= 15 is 0 Å². The number of benzene rings is 1. The van der Waals surface area contributed by atoms with Crippen molar-refractivity contribution in [3.63, 3.8) is 0 Å². The Morgan fingerprint density at radius 1 is 1.28 bits per heavy atom. The molecule has 1 saturated heterocycles. The molecule has 1 aromatic rings. The molecule has 0 aromatic heterocycles. The van der Waals surface area contributed by atoms with Crippen LogP contribution >= 0.6 is 0 Å². The molecule has 18 heavy (non-hydrogen) atoms. The quantitative estimate of drug-likeness (QED) is 0.800. The molecule has 0 atom stereocenters. The van der Waals surface area contributed by atoms with Crippen molar-refractivity contribution in [2.75, 3.05) is 13.2 Å². The zero-order valence-corrected chi connectivity index (χ0v) is 9.87. The number of hydrogen-bond acceptors (Lipinski definition) is 4. The first-order valence-corrected chi connectivity index (χ1v) is 5.82. The van der Waals surface area contributed by atoms with Gasteiger partial charge in [0.1, 0.15) is 6.29 Å². The molecule has 0 spiro atoms. The predicted octanol–water partition coefficient (Wildman–Crippen LogP) is 0.747. The summed E-state index contributed by atoms with van der Waals surface area (Å²) in [5.41, 5.74) is 0.604. The fraction of sp³-hybridized carbons (Fsp3) is 0.385. The van der Waals surface area contributed by atoms with Gasteiger partial charge in [0.25, 0.3) is 5.91 Å². The zero-order valence-electron chi connectivity index (χ0n) is 9.87. The molecule has 0 saturated carbocycles. The van der Waals surface area contributed by atoms with Crippen molar-refractivity contribution in [1.29, 1.82) is 0 Å². The highest BCUT2D eigenvalue weighted by molar-refractivity contribution is 5.94. The highest BCUT2D eigenvalue weighted by Gasteiger charge is 2.23. The Bertz CT molecular complexity index is 399. The van der Waals surface area contributed by atoms with Crippen LogP contribution in [0.1, 0.15) is 16.8 Å². The van der Waals surface area contributed by atoms with E-state index in [0.29, 0.717) is 18.8 Å². The molecule has 1 N–H and O–H groups in total. The monoisotopic (exact) mass is 249 g/mol. The lowest BCUT2D eigenvalue weighted by Gasteiger charge is -2.28. The molecule has 5 heteroatoms. The van der Waals surface area contributed by atoms with Crippen LogP contribution in [-0.4, -0.2) is 37.7 Å². The Labute approximate surface area is 105 Å². The van der Waals surface area contributed by atoms with Crippen molar-refractivity contribution < 1.29 is 19.1 Å². The number of hydrogen-bond donors (Lipinski definition) is 1. The third-order valence-corrected chi connectivity index (χ3v) is 2.63. The van der Waals surface area contributed by atoms with Gasteiger partial charge in [-0.25, -0.2) is 0 Å². The number of nitrogens with one attached hydrogen (secondary N) is 1. The maximum atomic E-state index is 11.8. The number of rotatable bonds is 4. The fourth-order valence-electron chi connectivity index (χ4n) is 1.70. The first-order chi connectivity index (χ1) is 8.79. The van der Waals surface area contributed by atoms with Crippen LogP contribution in [0.4, 0.5) is 0 Å². The van der Waals surface area contributed by atoms with Crippen molar-refractivity contribution in [2.45, 2.75) is 18.8 Å². The summed E-state index contributed by atoms with van der Waals surface area (Å²) in [6, 6.07) is 8.78. The first kappa shape index (κ1) is 12.7. The van der Waals surface area contributed by atoms with E-state index in [1.54, 1.807) is 12.1 Å². The van der Waals surface area contributed by atoms with E-state index < -0.39 is 6.29 Å².